The number of hydrogen-bond acceptors (Lipinski definition) is 7. The molecule has 1 aliphatic heterocycles. The number of ether oxygens (including phenoxy) is 1. The quantitative estimate of drug-likeness (QED) is 0.672. The van der Waals surface area contributed by atoms with E-state index in [-0.39, 0.29) is 5.56 Å². The van der Waals surface area contributed by atoms with Crippen LogP contribution >= 0.6 is 11.5 Å². The van der Waals surface area contributed by atoms with Gasteiger partial charge in [0.05, 0.1) is 10.9 Å². The Kier molecular flexibility index (Phi) is 5.18. The second-order valence-electron chi connectivity index (χ2n) is 6.95. The molecular weight excluding hydrogens is 362 g/mol. The Labute approximate surface area is 161 Å². The summed E-state index contributed by atoms with van der Waals surface area (Å²) in [5.74, 6) is 1.99. The number of anilines is 1. The van der Waals surface area contributed by atoms with Crippen LogP contribution < -0.4 is 10.5 Å². The predicted octanol–water partition coefficient (Wildman–Crippen LogP) is 2.62. The number of para-hydroxylation sites is 1. The highest BCUT2D eigenvalue weighted by atomic mass is 32.1. The van der Waals surface area contributed by atoms with Crippen LogP contribution in [0.1, 0.15) is 24.5 Å². The summed E-state index contributed by atoms with van der Waals surface area (Å²) in [6.45, 7) is 4.95. The molecule has 1 aromatic carbocycles. The van der Waals surface area contributed by atoms with E-state index in [9.17, 15) is 4.79 Å². The summed E-state index contributed by atoms with van der Waals surface area (Å²) in [7, 11) is 1.65. The lowest BCUT2D eigenvalue weighted by molar-refractivity contribution is 0.179. The van der Waals surface area contributed by atoms with Crippen LogP contribution in [0.5, 0.6) is 0 Å². The standard InChI is InChI=1S/C19H23N5O2S/c1-13-20-16-6-4-3-5-15(16)18(25)24(13)11-14-7-9-23(10-8-14)19-21-17(12-26-2)22-27-19/h3-6,14H,7-12H2,1-2H3. The molecule has 0 N–H and O–H groups in total. The Bertz CT molecular complexity index is 991. The second-order valence-corrected chi connectivity index (χ2v) is 7.68. The molecule has 0 unspecified atom stereocenters. The molecule has 1 fully saturated rings. The molecular formula is C19H23N5O2S. The Morgan fingerprint density at radius 1 is 1.22 bits per heavy atom. The van der Waals surface area contributed by atoms with Crippen molar-refractivity contribution in [3.8, 4) is 0 Å². The summed E-state index contributed by atoms with van der Waals surface area (Å²) in [6.07, 6.45) is 2.05. The molecule has 1 saturated heterocycles. The minimum absolute atomic E-state index is 0.0638. The van der Waals surface area contributed by atoms with Gasteiger partial charge in [0, 0.05) is 38.3 Å². The van der Waals surface area contributed by atoms with Gasteiger partial charge in [-0.3, -0.25) is 9.36 Å². The molecule has 27 heavy (non-hydrogen) atoms. The van der Waals surface area contributed by atoms with Gasteiger partial charge in [0.2, 0.25) is 5.13 Å². The number of hydrogen-bond donors (Lipinski definition) is 0. The van der Waals surface area contributed by atoms with Crippen molar-refractivity contribution in [1.29, 1.82) is 0 Å². The molecule has 1 aliphatic rings. The Morgan fingerprint density at radius 2 is 2.00 bits per heavy atom. The van der Waals surface area contributed by atoms with Gasteiger partial charge in [0.15, 0.2) is 5.82 Å². The van der Waals surface area contributed by atoms with Crippen molar-refractivity contribution >= 4 is 27.6 Å². The Hall–Kier alpha value is -2.32. The molecule has 0 aliphatic carbocycles. The van der Waals surface area contributed by atoms with Gasteiger partial charge in [0.25, 0.3) is 5.56 Å². The van der Waals surface area contributed by atoms with Crippen molar-refractivity contribution < 1.29 is 4.74 Å². The molecule has 2 aromatic heterocycles. The first kappa shape index (κ1) is 18.1. The van der Waals surface area contributed by atoms with Crippen molar-refractivity contribution in [2.24, 2.45) is 5.92 Å². The van der Waals surface area contributed by atoms with Gasteiger partial charge < -0.3 is 9.64 Å². The summed E-state index contributed by atoms with van der Waals surface area (Å²) in [5, 5.41) is 1.65. The van der Waals surface area contributed by atoms with Crippen molar-refractivity contribution in [2.45, 2.75) is 32.9 Å². The fourth-order valence-corrected chi connectivity index (χ4v) is 4.34. The lowest BCUT2D eigenvalue weighted by Crippen LogP contribution is -2.37. The van der Waals surface area contributed by atoms with E-state index in [1.165, 1.54) is 11.5 Å². The number of benzene rings is 1. The van der Waals surface area contributed by atoms with Crippen LogP contribution in [0, 0.1) is 12.8 Å². The normalized spacial score (nSPS) is 15.6. The Balaban J connectivity index is 1.45. The molecule has 7 nitrogen and oxygen atoms in total. The van der Waals surface area contributed by atoms with Crippen molar-refractivity contribution in [3.63, 3.8) is 0 Å². The minimum atomic E-state index is 0.0638. The van der Waals surface area contributed by atoms with Gasteiger partial charge in [-0.05, 0) is 37.8 Å². The van der Waals surface area contributed by atoms with E-state index in [1.54, 1.807) is 7.11 Å². The van der Waals surface area contributed by atoms with E-state index in [0.717, 1.165) is 54.8 Å². The number of aromatic nitrogens is 4. The third-order valence-corrected chi connectivity index (χ3v) is 5.92. The first-order valence-electron chi connectivity index (χ1n) is 9.18. The number of piperidine rings is 1. The van der Waals surface area contributed by atoms with Gasteiger partial charge in [-0.25, -0.2) is 9.97 Å². The highest BCUT2D eigenvalue weighted by molar-refractivity contribution is 7.09. The summed E-state index contributed by atoms with van der Waals surface area (Å²) in [4.78, 5) is 24.3. The summed E-state index contributed by atoms with van der Waals surface area (Å²) in [6, 6.07) is 7.56. The monoisotopic (exact) mass is 385 g/mol. The molecule has 0 bridgehead atoms. The number of methoxy groups -OCH3 is 1. The maximum absolute atomic E-state index is 12.9. The average Bonchev–Trinajstić information content (AvgIpc) is 3.15. The fourth-order valence-electron chi connectivity index (χ4n) is 3.62. The van der Waals surface area contributed by atoms with Crippen molar-refractivity contribution in [3.05, 3.63) is 46.3 Å². The number of aryl methyl sites for hydroxylation is 1. The highest BCUT2D eigenvalue weighted by Gasteiger charge is 2.23. The van der Waals surface area contributed by atoms with E-state index >= 15 is 0 Å². The molecule has 4 rings (SSSR count). The molecule has 0 saturated carbocycles. The van der Waals surface area contributed by atoms with Crippen LogP contribution in [0.4, 0.5) is 5.13 Å². The van der Waals surface area contributed by atoms with E-state index in [2.05, 4.69) is 19.2 Å². The zero-order valence-corrected chi connectivity index (χ0v) is 16.4. The molecule has 0 radical (unpaired) electrons. The average molecular weight is 385 g/mol. The lowest BCUT2D eigenvalue weighted by atomic mass is 9.97. The maximum atomic E-state index is 12.9. The molecule has 0 spiro atoms. The van der Waals surface area contributed by atoms with Crippen LogP contribution in [0.3, 0.4) is 0 Å². The zero-order valence-electron chi connectivity index (χ0n) is 15.6. The summed E-state index contributed by atoms with van der Waals surface area (Å²) < 4.78 is 11.3. The minimum Gasteiger partial charge on any atom is -0.377 e. The van der Waals surface area contributed by atoms with Gasteiger partial charge >= 0.3 is 0 Å². The molecule has 0 amide bonds. The topological polar surface area (TPSA) is 73.1 Å². The number of nitrogens with zero attached hydrogens (tertiary/aromatic N) is 5. The smallest absolute Gasteiger partial charge is 0.261 e. The number of rotatable bonds is 5. The third kappa shape index (κ3) is 3.72. The van der Waals surface area contributed by atoms with Crippen LogP contribution in [-0.2, 0) is 17.9 Å². The van der Waals surface area contributed by atoms with Crippen LogP contribution in [0.25, 0.3) is 10.9 Å². The summed E-state index contributed by atoms with van der Waals surface area (Å²) >= 11 is 1.43. The van der Waals surface area contributed by atoms with Gasteiger partial charge in [0.1, 0.15) is 12.4 Å². The third-order valence-electron chi connectivity index (χ3n) is 5.11. The van der Waals surface area contributed by atoms with Crippen LogP contribution in [-0.4, -0.2) is 39.1 Å². The van der Waals surface area contributed by atoms with E-state index in [0.29, 0.717) is 17.9 Å². The first-order valence-corrected chi connectivity index (χ1v) is 9.95. The SMILES string of the molecule is COCc1nsc(N2CCC(Cn3c(C)nc4ccccc4c3=O)CC2)n1. The predicted molar refractivity (Wildman–Crippen MR) is 106 cm³/mol. The second kappa shape index (κ2) is 7.74. The molecule has 3 aromatic rings. The lowest BCUT2D eigenvalue weighted by Gasteiger charge is -2.32. The van der Waals surface area contributed by atoms with E-state index in [1.807, 2.05) is 35.8 Å². The van der Waals surface area contributed by atoms with Crippen LogP contribution in [0.2, 0.25) is 0 Å². The fraction of sp³-hybridized carbons (Fsp3) is 0.474. The first-order chi connectivity index (χ1) is 13.2. The van der Waals surface area contributed by atoms with Crippen molar-refractivity contribution in [1.82, 2.24) is 18.9 Å². The van der Waals surface area contributed by atoms with E-state index in [4.69, 9.17) is 4.74 Å². The molecule has 8 heteroatoms. The molecule has 0 atom stereocenters. The zero-order chi connectivity index (χ0) is 18.8. The number of fused-ring (bicyclic) bond motifs is 1. The van der Waals surface area contributed by atoms with E-state index < -0.39 is 0 Å². The highest BCUT2D eigenvalue weighted by Crippen LogP contribution is 2.26. The van der Waals surface area contributed by atoms with Gasteiger partial charge in [-0.2, -0.15) is 4.37 Å². The van der Waals surface area contributed by atoms with Gasteiger partial charge in [-0.1, -0.05) is 12.1 Å². The summed E-state index contributed by atoms with van der Waals surface area (Å²) in [5.41, 5.74) is 0.836. The molecule has 142 valence electrons. The molecule has 3 heterocycles. The Morgan fingerprint density at radius 3 is 2.78 bits per heavy atom. The largest absolute Gasteiger partial charge is 0.377 e. The van der Waals surface area contributed by atoms with Crippen molar-refractivity contribution in [2.75, 3.05) is 25.1 Å². The maximum Gasteiger partial charge on any atom is 0.261 e. The van der Waals surface area contributed by atoms with Gasteiger partial charge in [-0.15, -0.1) is 0 Å². The van der Waals surface area contributed by atoms with Crippen LogP contribution in [0.15, 0.2) is 29.1 Å².